The van der Waals surface area contributed by atoms with E-state index in [4.69, 9.17) is 0 Å². The van der Waals surface area contributed by atoms with Gasteiger partial charge in [-0.05, 0) is 24.0 Å². The molecule has 0 radical (unpaired) electrons. The summed E-state index contributed by atoms with van der Waals surface area (Å²) in [6, 6.07) is 3.06. The van der Waals surface area contributed by atoms with Gasteiger partial charge in [-0.15, -0.1) is 0 Å². The second-order valence-electron chi connectivity index (χ2n) is 6.35. The summed E-state index contributed by atoms with van der Waals surface area (Å²) in [5.41, 5.74) is 0.674. The molecule has 0 bridgehead atoms. The lowest BCUT2D eigenvalue weighted by molar-refractivity contribution is 0.252. The van der Waals surface area contributed by atoms with Gasteiger partial charge in [0.15, 0.2) is 5.82 Å². The summed E-state index contributed by atoms with van der Waals surface area (Å²) in [7, 11) is 0. The standard InChI is InChI=1S/C15H22F2N2/c1-10-5-6-11(16)14(13(10)17)19-8-7-18-12(9-19)15(2,3)4/h5-6,12,18H,7-9H2,1-4H3. The smallest absolute Gasteiger partial charge is 0.152 e. The van der Waals surface area contributed by atoms with Crippen LogP contribution in [0.2, 0.25) is 0 Å². The third-order valence-electron chi connectivity index (χ3n) is 3.80. The topological polar surface area (TPSA) is 15.3 Å². The molecule has 106 valence electrons. The number of nitrogens with zero attached hydrogens (tertiary/aromatic N) is 1. The highest BCUT2D eigenvalue weighted by molar-refractivity contribution is 5.52. The van der Waals surface area contributed by atoms with E-state index in [9.17, 15) is 8.78 Å². The molecule has 0 aromatic heterocycles. The molecular formula is C15H22F2N2. The summed E-state index contributed by atoms with van der Waals surface area (Å²) in [5.74, 6) is -0.910. The Morgan fingerprint density at radius 2 is 1.95 bits per heavy atom. The highest BCUT2D eigenvalue weighted by Gasteiger charge is 2.31. The fourth-order valence-corrected chi connectivity index (χ4v) is 2.46. The van der Waals surface area contributed by atoms with Crippen molar-refractivity contribution >= 4 is 5.69 Å². The van der Waals surface area contributed by atoms with E-state index in [1.54, 1.807) is 6.92 Å². The molecule has 1 aromatic carbocycles. The van der Waals surface area contributed by atoms with Crippen LogP contribution in [-0.2, 0) is 0 Å². The number of aryl methyl sites for hydroxylation is 1. The number of hydrogen-bond donors (Lipinski definition) is 1. The van der Waals surface area contributed by atoms with E-state index in [-0.39, 0.29) is 17.1 Å². The van der Waals surface area contributed by atoms with Gasteiger partial charge in [0.25, 0.3) is 0 Å². The Morgan fingerprint density at radius 1 is 1.26 bits per heavy atom. The monoisotopic (exact) mass is 268 g/mol. The van der Waals surface area contributed by atoms with Crippen LogP contribution in [0.3, 0.4) is 0 Å². The quantitative estimate of drug-likeness (QED) is 0.842. The first kappa shape index (κ1) is 14.3. The molecule has 2 rings (SSSR count). The Balaban J connectivity index is 2.30. The summed E-state index contributed by atoms with van der Waals surface area (Å²) in [4.78, 5) is 1.82. The minimum Gasteiger partial charge on any atom is -0.364 e. The van der Waals surface area contributed by atoms with E-state index < -0.39 is 11.6 Å². The molecule has 1 heterocycles. The van der Waals surface area contributed by atoms with Crippen LogP contribution in [0.15, 0.2) is 12.1 Å². The van der Waals surface area contributed by atoms with Crippen LogP contribution in [0, 0.1) is 24.0 Å². The van der Waals surface area contributed by atoms with Crippen molar-refractivity contribution in [2.24, 2.45) is 5.41 Å². The fraction of sp³-hybridized carbons (Fsp3) is 0.600. The Labute approximate surface area is 113 Å². The van der Waals surface area contributed by atoms with Crippen molar-refractivity contribution in [2.75, 3.05) is 24.5 Å². The Bertz CT molecular complexity index is 466. The van der Waals surface area contributed by atoms with E-state index in [1.165, 1.54) is 12.1 Å². The van der Waals surface area contributed by atoms with E-state index in [1.807, 2.05) is 4.90 Å². The molecule has 1 aromatic rings. The van der Waals surface area contributed by atoms with Gasteiger partial charge in [-0.1, -0.05) is 26.8 Å². The largest absolute Gasteiger partial charge is 0.364 e. The predicted octanol–water partition coefficient (Wildman–Crippen LogP) is 3.10. The van der Waals surface area contributed by atoms with Crippen LogP contribution in [-0.4, -0.2) is 25.7 Å². The molecule has 1 saturated heterocycles. The van der Waals surface area contributed by atoms with Crippen molar-refractivity contribution in [1.29, 1.82) is 0 Å². The highest BCUT2D eigenvalue weighted by atomic mass is 19.1. The van der Waals surface area contributed by atoms with Crippen molar-refractivity contribution in [3.63, 3.8) is 0 Å². The Hall–Kier alpha value is -1.16. The summed E-state index contributed by atoms with van der Waals surface area (Å²) in [5, 5.41) is 3.43. The van der Waals surface area contributed by atoms with Crippen molar-refractivity contribution in [3.8, 4) is 0 Å². The summed E-state index contributed by atoms with van der Waals surface area (Å²) in [6.07, 6.45) is 0. The molecule has 4 heteroatoms. The molecule has 1 aliphatic heterocycles. The van der Waals surface area contributed by atoms with Gasteiger partial charge >= 0.3 is 0 Å². The lowest BCUT2D eigenvalue weighted by Gasteiger charge is -2.41. The number of rotatable bonds is 1. The van der Waals surface area contributed by atoms with E-state index in [2.05, 4.69) is 26.1 Å². The fourth-order valence-electron chi connectivity index (χ4n) is 2.46. The van der Waals surface area contributed by atoms with Gasteiger partial charge in [-0.2, -0.15) is 0 Å². The Kier molecular flexibility index (Phi) is 3.81. The van der Waals surface area contributed by atoms with Crippen LogP contribution < -0.4 is 10.2 Å². The first-order valence-corrected chi connectivity index (χ1v) is 6.73. The molecule has 1 aliphatic rings. The molecular weight excluding hydrogens is 246 g/mol. The second-order valence-corrected chi connectivity index (χ2v) is 6.35. The van der Waals surface area contributed by atoms with E-state index in [0.29, 0.717) is 18.7 Å². The van der Waals surface area contributed by atoms with Crippen molar-refractivity contribution in [3.05, 3.63) is 29.3 Å². The number of piperazine rings is 1. The molecule has 0 saturated carbocycles. The number of nitrogens with one attached hydrogen (secondary N) is 1. The first-order chi connectivity index (χ1) is 8.80. The van der Waals surface area contributed by atoms with Crippen molar-refractivity contribution in [2.45, 2.75) is 33.7 Å². The lowest BCUT2D eigenvalue weighted by atomic mass is 9.85. The summed E-state index contributed by atoms with van der Waals surface area (Å²) >= 11 is 0. The highest BCUT2D eigenvalue weighted by Crippen LogP contribution is 2.29. The number of benzene rings is 1. The van der Waals surface area contributed by atoms with Crippen LogP contribution in [0.25, 0.3) is 0 Å². The van der Waals surface area contributed by atoms with Crippen LogP contribution in [0.5, 0.6) is 0 Å². The molecule has 1 atom stereocenters. The van der Waals surface area contributed by atoms with Gasteiger partial charge in [0.2, 0.25) is 0 Å². The van der Waals surface area contributed by atoms with Gasteiger partial charge in [-0.3, -0.25) is 0 Å². The number of anilines is 1. The van der Waals surface area contributed by atoms with Gasteiger partial charge in [0, 0.05) is 25.7 Å². The lowest BCUT2D eigenvalue weighted by Crippen LogP contribution is -2.56. The van der Waals surface area contributed by atoms with Gasteiger partial charge in [0.05, 0.1) is 0 Å². The van der Waals surface area contributed by atoms with E-state index in [0.717, 1.165) is 6.54 Å². The zero-order valence-electron chi connectivity index (χ0n) is 12.1. The number of halogens is 2. The number of hydrogen-bond acceptors (Lipinski definition) is 2. The molecule has 1 unspecified atom stereocenters. The van der Waals surface area contributed by atoms with E-state index >= 15 is 0 Å². The maximum atomic E-state index is 14.2. The van der Waals surface area contributed by atoms with Gasteiger partial charge in [-0.25, -0.2) is 8.78 Å². The molecule has 1 N–H and O–H groups in total. The minimum atomic E-state index is -0.474. The summed E-state index contributed by atoms with van der Waals surface area (Å²) < 4.78 is 28.1. The Morgan fingerprint density at radius 3 is 2.58 bits per heavy atom. The second kappa shape index (κ2) is 5.08. The normalized spacial score (nSPS) is 20.7. The summed E-state index contributed by atoms with van der Waals surface area (Å²) in [6.45, 7) is 10.1. The SMILES string of the molecule is Cc1ccc(F)c(N2CCNC(C(C)(C)C)C2)c1F. The molecule has 19 heavy (non-hydrogen) atoms. The maximum Gasteiger partial charge on any atom is 0.152 e. The van der Waals surface area contributed by atoms with Gasteiger partial charge < -0.3 is 10.2 Å². The van der Waals surface area contributed by atoms with Crippen molar-refractivity contribution in [1.82, 2.24) is 5.32 Å². The predicted molar refractivity (Wildman–Crippen MR) is 74.6 cm³/mol. The average molecular weight is 268 g/mol. The molecule has 2 nitrogen and oxygen atoms in total. The van der Waals surface area contributed by atoms with Crippen LogP contribution >= 0.6 is 0 Å². The zero-order valence-corrected chi connectivity index (χ0v) is 12.1. The minimum absolute atomic E-state index is 0.0649. The third-order valence-corrected chi connectivity index (χ3v) is 3.80. The molecule has 1 fully saturated rings. The zero-order chi connectivity index (χ0) is 14.2. The van der Waals surface area contributed by atoms with Crippen LogP contribution in [0.1, 0.15) is 26.3 Å². The molecule has 0 spiro atoms. The van der Waals surface area contributed by atoms with Crippen molar-refractivity contribution < 1.29 is 8.78 Å². The average Bonchev–Trinajstić information content (AvgIpc) is 2.34. The van der Waals surface area contributed by atoms with Gasteiger partial charge in [0.1, 0.15) is 11.5 Å². The van der Waals surface area contributed by atoms with Crippen LogP contribution in [0.4, 0.5) is 14.5 Å². The first-order valence-electron chi connectivity index (χ1n) is 6.73. The molecule has 0 aliphatic carbocycles. The maximum absolute atomic E-state index is 14.2. The molecule has 0 amide bonds. The third kappa shape index (κ3) is 2.89.